The lowest BCUT2D eigenvalue weighted by molar-refractivity contribution is -0.118. The predicted molar refractivity (Wildman–Crippen MR) is 64.6 cm³/mol. The summed E-state index contributed by atoms with van der Waals surface area (Å²) < 4.78 is 50.3. The van der Waals surface area contributed by atoms with Crippen LogP contribution in [0.25, 0.3) is 0 Å². The lowest BCUT2D eigenvalue weighted by Gasteiger charge is -2.43. The molecule has 1 aliphatic rings. The monoisotopic (exact) mass is 275 g/mol. The Kier molecular flexibility index (Phi) is 4.31. The number of hydrogen-bond donors (Lipinski definition) is 1. The second-order valence-electron chi connectivity index (χ2n) is 4.43. The highest BCUT2D eigenvalue weighted by atomic mass is 19.2. The van der Waals surface area contributed by atoms with E-state index in [9.17, 15) is 13.2 Å². The second-order valence-corrected chi connectivity index (χ2v) is 4.43. The van der Waals surface area contributed by atoms with Gasteiger partial charge in [-0.1, -0.05) is 0 Å². The summed E-state index contributed by atoms with van der Waals surface area (Å²) in [5, 5.41) is 2.76. The van der Waals surface area contributed by atoms with Crippen LogP contribution in [0.15, 0.2) is 12.1 Å². The standard InChI is InChI=1S/C13H16F3NO2/c1-3-19-11-6-10(13(11)18-2)17-9-5-7(14)4-8(15)12(9)16/h4-5,10-11,13,17H,3,6H2,1-2H3. The van der Waals surface area contributed by atoms with E-state index in [1.807, 2.05) is 6.92 Å². The number of methoxy groups -OCH3 is 1. The fraction of sp³-hybridized carbons (Fsp3) is 0.538. The van der Waals surface area contributed by atoms with Gasteiger partial charge < -0.3 is 14.8 Å². The molecule has 0 saturated heterocycles. The quantitative estimate of drug-likeness (QED) is 0.838. The second kappa shape index (κ2) is 5.79. The van der Waals surface area contributed by atoms with Gasteiger partial charge in [0.15, 0.2) is 11.6 Å². The predicted octanol–water partition coefficient (Wildman–Crippen LogP) is 2.71. The molecule has 0 aliphatic heterocycles. The van der Waals surface area contributed by atoms with Crippen molar-refractivity contribution in [1.29, 1.82) is 0 Å². The van der Waals surface area contributed by atoms with Gasteiger partial charge in [-0.15, -0.1) is 0 Å². The summed E-state index contributed by atoms with van der Waals surface area (Å²) in [6, 6.07) is 1.22. The molecular weight excluding hydrogens is 259 g/mol. The molecule has 0 heterocycles. The molecule has 1 N–H and O–H groups in total. The van der Waals surface area contributed by atoms with E-state index in [0.29, 0.717) is 19.1 Å². The van der Waals surface area contributed by atoms with Gasteiger partial charge in [0.2, 0.25) is 0 Å². The van der Waals surface area contributed by atoms with E-state index in [4.69, 9.17) is 9.47 Å². The van der Waals surface area contributed by atoms with Gasteiger partial charge in [0.25, 0.3) is 0 Å². The molecule has 6 heteroatoms. The maximum atomic E-state index is 13.5. The average molecular weight is 275 g/mol. The SMILES string of the molecule is CCOC1CC(Nc2cc(F)cc(F)c2F)C1OC. The van der Waals surface area contributed by atoms with Gasteiger partial charge >= 0.3 is 0 Å². The average Bonchev–Trinajstić information content (AvgIpc) is 2.34. The van der Waals surface area contributed by atoms with E-state index in [0.717, 1.165) is 6.07 Å². The third-order valence-electron chi connectivity index (χ3n) is 3.24. The van der Waals surface area contributed by atoms with Crippen molar-refractivity contribution in [1.82, 2.24) is 0 Å². The van der Waals surface area contributed by atoms with Crippen LogP contribution in [0.1, 0.15) is 13.3 Å². The molecule has 1 saturated carbocycles. The van der Waals surface area contributed by atoms with Crippen LogP contribution in [0.5, 0.6) is 0 Å². The third-order valence-corrected chi connectivity index (χ3v) is 3.24. The highest BCUT2D eigenvalue weighted by Crippen LogP contribution is 2.31. The molecule has 0 amide bonds. The molecule has 3 atom stereocenters. The molecule has 0 aromatic heterocycles. The molecule has 0 radical (unpaired) electrons. The van der Waals surface area contributed by atoms with Crippen LogP contribution in [-0.2, 0) is 9.47 Å². The lowest BCUT2D eigenvalue weighted by atomic mass is 9.85. The number of rotatable bonds is 5. The summed E-state index contributed by atoms with van der Waals surface area (Å²) in [4.78, 5) is 0. The van der Waals surface area contributed by atoms with E-state index in [1.54, 1.807) is 0 Å². The van der Waals surface area contributed by atoms with Gasteiger partial charge in [0.1, 0.15) is 11.9 Å². The van der Waals surface area contributed by atoms with Crippen LogP contribution in [0.3, 0.4) is 0 Å². The van der Waals surface area contributed by atoms with Crippen LogP contribution < -0.4 is 5.32 Å². The summed E-state index contributed by atoms with van der Waals surface area (Å²) in [5.41, 5.74) is -0.195. The van der Waals surface area contributed by atoms with E-state index in [-0.39, 0.29) is 23.9 Å². The Labute approximate surface area is 109 Å². The van der Waals surface area contributed by atoms with Gasteiger partial charge in [-0.3, -0.25) is 0 Å². The maximum absolute atomic E-state index is 13.5. The zero-order chi connectivity index (χ0) is 14.0. The Morgan fingerprint density at radius 1 is 1.32 bits per heavy atom. The minimum Gasteiger partial charge on any atom is -0.377 e. The Balaban J connectivity index is 2.06. The Morgan fingerprint density at radius 2 is 2.05 bits per heavy atom. The fourth-order valence-corrected chi connectivity index (χ4v) is 2.28. The summed E-state index contributed by atoms with van der Waals surface area (Å²) in [6.07, 6.45) is 0.267. The summed E-state index contributed by atoms with van der Waals surface area (Å²) in [7, 11) is 1.52. The van der Waals surface area contributed by atoms with Crippen molar-refractivity contribution in [3.05, 3.63) is 29.6 Å². The smallest absolute Gasteiger partial charge is 0.182 e. The van der Waals surface area contributed by atoms with Crippen molar-refractivity contribution in [3.63, 3.8) is 0 Å². The van der Waals surface area contributed by atoms with E-state index >= 15 is 0 Å². The maximum Gasteiger partial charge on any atom is 0.182 e. The number of benzene rings is 1. The fourth-order valence-electron chi connectivity index (χ4n) is 2.28. The third kappa shape index (κ3) is 2.84. The normalized spacial score (nSPS) is 26.1. The number of hydrogen-bond acceptors (Lipinski definition) is 3. The first-order valence-electron chi connectivity index (χ1n) is 6.12. The Morgan fingerprint density at radius 3 is 2.68 bits per heavy atom. The highest BCUT2D eigenvalue weighted by molar-refractivity contribution is 5.47. The molecule has 3 nitrogen and oxygen atoms in total. The molecular formula is C13H16F3NO2. The van der Waals surface area contributed by atoms with Gasteiger partial charge in [0.05, 0.1) is 17.8 Å². The van der Waals surface area contributed by atoms with Crippen molar-refractivity contribution >= 4 is 5.69 Å². The molecule has 2 rings (SSSR count). The molecule has 0 spiro atoms. The Bertz CT molecular complexity index is 456. The number of nitrogens with one attached hydrogen (secondary N) is 1. The summed E-state index contributed by atoms with van der Waals surface area (Å²) in [6.45, 7) is 2.43. The lowest BCUT2D eigenvalue weighted by Crippen LogP contribution is -2.57. The zero-order valence-corrected chi connectivity index (χ0v) is 10.8. The van der Waals surface area contributed by atoms with Crippen LogP contribution >= 0.6 is 0 Å². The summed E-state index contributed by atoms with van der Waals surface area (Å²) >= 11 is 0. The van der Waals surface area contributed by atoms with E-state index in [1.165, 1.54) is 7.11 Å². The van der Waals surface area contributed by atoms with Crippen molar-refractivity contribution in [2.75, 3.05) is 19.0 Å². The number of ether oxygens (including phenoxy) is 2. The first-order chi connectivity index (χ1) is 9.06. The topological polar surface area (TPSA) is 30.5 Å². The Hall–Kier alpha value is -1.27. The minimum atomic E-state index is -1.21. The molecule has 3 unspecified atom stereocenters. The van der Waals surface area contributed by atoms with Gasteiger partial charge in [-0.25, -0.2) is 13.2 Å². The first kappa shape index (κ1) is 14.1. The van der Waals surface area contributed by atoms with Crippen LogP contribution in [0.2, 0.25) is 0 Å². The summed E-state index contributed by atoms with van der Waals surface area (Å²) in [5.74, 6) is -3.12. The van der Waals surface area contributed by atoms with Crippen molar-refractivity contribution in [2.45, 2.75) is 31.6 Å². The van der Waals surface area contributed by atoms with Gasteiger partial charge in [-0.05, 0) is 13.3 Å². The minimum absolute atomic E-state index is 0.0750. The largest absolute Gasteiger partial charge is 0.377 e. The molecule has 19 heavy (non-hydrogen) atoms. The van der Waals surface area contributed by atoms with Crippen molar-refractivity contribution in [3.8, 4) is 0 Å². The highest BCUT2D eigenvalue weighted by Gasteiger charge is 2.42. The van der Waals surface area contributed by atoms with E-state index < -0.39 is 17.5 Å². The van der Waals surface area contributed by atoms with Crippen LogP contribution in [0, 0.1) is 17.5 Å². The molecule has 1 aromatic rings. The zero-order valence-electron chi connectivity index (χ0n) is 10.8. The van der Waals surface area contributed by atoms with Crippen molar-refractivity contribution in [2.24, 2.45) is 0 Å². The first-order valence-corrected chi connectivity index (χ1v) is 6.12. The van der Waals surface area contributed by atoms with Crippen LogP contribution in [-0.4, -0.2) is 32.0 Å². The van der Waals surface area contributed by atoms with Gasteiger partial charge in [-0.2, -0.15) is 0 Å². The molecule has 0 bridgehead atoms. The van der Waals surface area contributed by atoms with Crippen LogP contribution in [0.4, 0.5) is 18.9 Å². The van der Waals surface area contributed by atoms with Crippen molar-refractivity contribution < 1.29 is 22.6 Å². The molecule has 1 fully saturated rings. The number of anilines is 1. The van der Waals surface area contributed by atoms with Gasteiger partial charge in [0, 0.05) is 25.8 Å². The molecule has 1 aromatic carbocycles. The molecule has 1 aliphatic carbocycles. The van der Waals surface area contributed by atoms with E-state index in [2.05, 4.69) is 5.32 Å². The number of halogens is 3. The molecule has 106 valence electrons.